The van der Waals surface area contributed by atoms with Gasteiger partial charge in [-0.05, 0) is 5.92 Å². The van der Waals surface area contributed by atoms with E-state index in [4.69, 9.17) is 9.84 Å². The van der Waals surface area contributed by atoms with Crippen LogP contribution in [0.3, 0.4) is 0 Å². The molecule has 5 heteroatoms. The zero-order valence-electron chi connectivity index (χ0n) is 8.37. The Morgan fingerprint density at radius 2 is 1.64 bits per heavy atom. The van der Waals surface area contributed by atoms with E-state index in [2.05, 4.69) is 0 Å². The van der Waals surface area contributed by atoms with Crippen LogP contribution in [-0.4, -0.2) is 57.6 Å². The van der Waals surface area contributed by atoms with Crippen LogP contribution < -0.4 is 0 Å². The Hall–Kier alpha value is -0.200. The molecular weight excluding hydrogens is 188 g/mol. The Morgan fingerprint density at radius 3 is 2.07 bits per heavy atom. The molecule has 0 aromatic rings. The summed E-state index contributed by atoms with van der Waals surface area (Å²) in [5.74, 6) is 0.0150. The van der Waals surface area contributed by atoms with Gasteiger partial charge in [0.25, 0.3) is 0 Å². The maximum absolute atomic E-state index is 9.57. The topological polar surface area (TPSA) is 90.2 Å². The highest BCUT2D eigenvalue weighted by Gasteiger charge is 2.44. The molecule has 1 aliphatic heterocycles. The lowest BCUT2D eigenvalue weighted by molar-refractivity contribution is -0.238. The molecule has 1 heterocycles. The third kappa shape index (κ3) is 2.07. The van der Waals surface area contributed by atoms with E-state index in [1.54, 1.807) is 0 Å². The monoisotopic (exact) mass is 206 g/mol. The van der Waals surface area contributed by atoms with Gasteiger partial charge in [0, 0.05) is 0 Å². The molecule has 84 valence electrons. The van der Waals surface area contributed by atoms with E-state index in [9.17, 15) is 15.3 Å². The molecule has 0 saturated carbocycles. The number of rotatable bonds is 2. The predicted octanol–water partition coefficient (Wildman–Crippen LogP) is -1.52. The zero-order valence-corrected chi connectivity index (χ0v) is 8.37. The molecule has 5 nitrogen and oxygen atoms in total. The standard InChI is InChI=1S/C9H18O5/c1-4(2)9-8(13)7(12)6(11)5(3-10)14-9/h4-13H,3H2,1-2H3/t5?,6-,7+,8?,9+/m0/s1. The number of ether oxygens (including phenoxy) is 1. The highest BCUT2D eigenvalue weighted by molar-refractivity contribution is 4.92. The van der Waals surface area contributed by atoms with Gasteiger partial charge in [0.05, 0.1) is 12.7 Å². The highest BCUT2D eigenvalue weighted by atomic mass is 16.5. The molecule has 2 unspecified atom stereocenters. The second-order valence-electron chi connectivity index (χ2n) is 4.04. The predicted molar refractivity (Wildman–Crippen MR) is 48.6 cm³/mol. The van der Waals surface area contributed by atoms with E-state index in [-0.39, 0.29) is 12.5 Å². The summed E-state index contributed by atoms with van der Waals surface area (Å²) in [6.07, 6.45) is -4.96. The molecular formula is C9H18O5. The summed E-state index contributed by atoms with van der Waals surface area (Å²) >= 11 is 0. The van der Waals surface area contributed by atoms with Gasteiger partial charge in [-0.15, -0.1) is 0 Å². The van der Waals surface area contributed by atoms with Crippen molar-refractivity contribution < 1.29 is 25.2 Å². The first-order valence-electron chi connectivity index (χ1n) is 4.79. The van der Waals surface area contributed by atoms with Crippen molar-refractivity contribution in [2.45, 2.75) is 44.4 Å². The molecule has 14 heavy (non-hydrogen) atoms. The van der Waals surface area contributed by atoms with Gasteiger partial charge < -0.3 is 25.2 Å². The molecule has 1 aliphatic rings. The Morgan fingerprint density at radius 1 is 1.07 bits per heavy atom. The van der Waals surface area contributed by atoms with Gasteiger partial charge in [-0.3, -0.25) is 0 Å². The summed E-state index contributed by atoms with van der Waals surface area (Å²) in [5.41, 5.74) is 0. The van der Waals surface area contributed by atoms with Gasteiger partial charge in [0.1, 0.15) is 24.4 Å². The van der Waals surface area contributed by atoms with Crippen molar-refractivity contribution in [2.75, 3.05) is 6.61 Å². The third-order valence-corrected chi connectivity index (χ3v) is 2.59. The molecule has 0 bridgehead atoms. The minimum atomic E-state index is -1.26. The maximum atomic E-state index is 9.57. The zero-order chi connectivity index (χ0) is 10.9. The van der Waals surface area contributed by atoms with Gasteiger partial charge in [-0.2, -0.15) is 0 Å². The minimum absolute atomic E-state index is 0.0150. The van der Waals surface area contributed by atoms with E-state index in [0.29, 0.717) is 0 Å². The summed E-state index contributed by atoms with van der Waals surface area (Å²) in [6, 6.07) is 0. The fourth-order valence-corrected chi connectivity index (χ4v) is 1.68. The molecule has 1 rings (SSSR count). The fourth-order valence-electron chi connectivity index (χ4n) is 1.68. The van der Waals surface area contributed by atoms with E-state index < -0.39 is 30.5 Å². The van der Waals surface area contributed by atoms with Crippen molar-refractivity contribution >= 4 is 0 Å². The van der Waals surface area contributed by atoms with Crippen LogP contribution in [-0.2, 0) is 4.74 Å². The molecule has 4 N–H and O–H groups in total. The van der Waals surface area contributed by atoms with Crippen molar-refractivity contribution in [3.05, 3.63) is 0 Å². The number of hydrogen-bond acceptors (Lipinski definition) is 5. The van der Waals surface area contributed by atoms with Gasteiger partial charge in [-0.25, -0.2) is 0 Å². The van der Waals surface area contributed by atoms with Gasteiger partial charge >= 0.3 is 0 Å². The lowest BCUT2D eigenvalue weighted by Crippen LogP contribution is -2.59. The van der Waals surface area contributed by atoms with E-state index in [0.717, 1.165) is 0 Å². The molecule has 0 radical (unpaired) electrons. The van der Waals surface area contributed by atoms with Crippen molar-refractivity contribution in [3.63, 3.8) is 0 Å². The van der Waals surface area contributed by atoms with Crippen molar-refractivity contribution in [3.8, 4) is 0 Å². The van der Waals surface area contributed by atoms with Crippen LogP contribution in [0.2, 0.25) is 0 Å². The smallest absolute Gasteiger partial charge is 0.111 e. The molecule has 1 saturated heterocycles. The molecule has 0 amide bonds. The first-order valence-corrected chi connectivity index (χ1v) is 4.79. The third-order valence-electron chi connectivity index (χ3n) is 2.59. The van der Waals surface area contributed by atoms with Gasteiger partial charge in [0.2, 0.25) is 0 Å². The summed E-state index contributed by atoms with van der Waals surface area (Å²) in [5, 5.41) is 37.4. The quantitative estimate of drug-likeness (QED) is 0.441. The number of aliphatic hydroxyl groups is 4. The summed E-state index contributed by atoms with van der Waals surface area (Å²) < 4.78 is 5.28. The summed E-state index contributed by atoms with van der Waals surface area (Å²) in [7, 11) is 0. The van der Waals surface area contributed by atoms with Crippen molar-refractivity contribution in [1.29, 1.82) is 0 Å². The average Bonchev–Trinajstić information content (AvgIpc) is 2.14. The van der Waals surface area contributed by atoms with Crippen LogP contribution in [0.25, 0.3) is 0 Å². The van der Waals surface area contributed by atoms with Crippen LogP contribution >= 0.6 is 0 Å². The van der Waals surface area contributed by atoms with E-state index in [1.165, 1.54) is 0 Å². The van der Waals surface area contributed by atoms with Crippen LogP contribution in [0.1, 0.15) is 13.8 Å². The van der Waals surface area contributed by atoms with Crippen molar-refractivity contribution in [2.24, 2.45) is 5.92 Å². The Labute approximate surface area is 82.9 Å². The van der Waals surface area contributed by atoms with Crippen LogP contribution in [0, 0.1) is 5.92 Å². The summed E-state index contributed by atoms with van der Waals surface area (Å²) in [4.78, 5) is 0. The van der Waals surface area contributed by atoms with Crippen LogP contribution in [0.15, 0.2) is 0 Å². The van der Waals surface area contributed by atoms with E-state index in [1.807, 2.05) is 13.8 Å². The Balaban J connectivity index is 2.73. The van der Waals surface area contributed by atoms with Crippen molar-refractivity contribution in [1.82, 2.24) is 0 Å². The maximum Gasteiger partial charge on any atom is 0.111 e. The molecule has 5 atom stereocenters. The Kier molecular flexibility index (Phi) is 3.86. The number of aliphatic hydroxyl groups excluding tert-OH is 4. The van der Waals surface area contributed by atoms with Gasteiger partial charge in [0.15, 0.2) is 0 Å². The molecule has 0 aromatic carbocycles. The lowest BCUT2D eigenvalue weighted by Gasteiger charge is -2.41. The summed E-state index contributed by atoms with van der Waals surface area (Å²) in [6.45, 7) is 3.31. The second-order valence-corrected chi connectivity index (χ2v) is 4.04. The SMILES string of the molecule is CC(C)[C@H]1OC(CO)[C@H](O)[C@@H](O)C1O. The first-order chi connectivity index (χ1) is 6.49. The van der Waals surface area contributed by atoms with Crippen LogP contribution in [0.4, 0.5) is 0 Å². The molecule has 1 fully saturated rings. The molecule has 0 aromatic heterocycles. The fraction of sp³-hybridized carbons (Fsp3) is 1.00. The molecule has 0 spiro atoms. The number of hydrogen-bond donors (Lipinski definition) is 4. The average molecular weight is 206 g/mol. The first kappa shape index (κ1) is 11.9. The normalized spacial score (nSPS) is 44.4. The van der Waals surface area contributed by atoms with E-state index >= 15 is 0 Å². The minimum Gasteiger partial charge on any atom is -0.394 e. The van der Waals surface area contributed by atoms with Gasteiger partial charge in [-0.1, -0.05) is 13.8 Å². The highest BCUT2D eigenvalue weighted by Crippen LogP contribution is 2.25. The molecule has 0 aliphatic carbocycles. The largest absolute Gasteiger partial charge is 0.394 e. The lowest BCUT2D eigenvalue weighted by atomic mass is 9.90. The second kappa shape index (κ2) is 4.55. The van der Waals surface area contributed by atoms with Crippen LogP contribution in [0.5, 0.6) is 0 Å². The Bertz CT molecular complexity index is 182.